The first-order valence-electron chi connectivity index (χ1n) is 9.54. The molecule has 2 saturated carbocycles. The van der Waals surface area contributed by atoms with Crippen molar-refractivity contribution in [1.82, 2.24) is 20.1 Å². The summed E-state index contributed by atoms with van der Waals surface area (Å²) in [4.78, 5) is 12.5. The summed E-state index contributed by atoms with van der Waals surface area (Å²) in [7, 11) is 0. The molecule has 0 aromatic carbocycles. The Bertz CT molecular complexity index is 1000. The molecule has 0 atom stereocenters. The lowest BCUT2D eigenvalue weighted by atomic mass is 9.74. The zero-order valence-corrected chi connectivity index (χ0v) is 15.5. The molecule has 3 aromatic heterocycles. The topological polar surface area (TPSA) is 103 Å². The van der Waals surface area contributed by atoms with Crippen LogP contribution in [0.4, 0.5) is 4.39 Å². The fourth-order valence-electron chi connectivity index (χ4n) is 3.45. The van der Waals surface area contributed by atoms with Crippen molar-refractivity contribution in [1.29, 1.82) is 0 Å². The van der Waals surface area contributed by atoms with E-state index in [2.05, 4.69) is 20.1 Å². The number of aromatic nitrogens is 4. The summed E-state index contributed by atoms with van der Waals surface area (Å²) in [5, 5.41) is 12.6. The largest absolute Gasteiger partial charge is 0.491 e. The van der Waals surface area contributed by atoms with Crippen molar-refractivity contribution in [2.45, 2.75) is 50.0 Å². The van der Waals surface area contributed by atoms with E-state index in [0.717, 1.165) is 12.8 Å². The minimum atomic E-state index is -1.46. The standard InChI is InChI=1S/C20H19FN4O4/c21-20(12-4-5-22-18(6-12)27-13-2-1-3-13)8-14(9-20)28-19-11-23-15(10-24-19)16-7-17(26)25-29-16/h4-7,10-11,13-14H,1-3,8-9H2,(H,25,26)/t14-,20+. The Morgan fingerprint density at radius 1 is 1.03 bits per heavy atom. The van der Waals surface area contributed by atoms with Crippen molar-refractivity contribution in [2.75, 3.05) is 0 Å². The van der Waals surface area contributed by atoms with Gasteiger partial charge in [0.05, 0.1) is 18.5 Å². The van der Waals surface area contributed by atoms with E-state index < -0.39 is 5.67 Å². The van der Waals surface area contributed by atoms with Gasteiger partial charge >= 0.3 is 0 Å². The summed E-state index contributed by atoms with van der Waals surface area (Å²) in [5.74, 6) is 0.848. The molecule has 0 spiro atoms. The lowest BCUT2D eigenvalue weighted by Gasteiger charge is -2.41. The zero-order chi connectivity index (χ0) is 19.8. The van der Waals surface area contributed by atoms with E-state index in [1.54, 1.807) is 18.3 Å². The highest BCUT2D eigenvalue weighted by atomic mass is 19.1. The second-order valence-electron chi connectivity index (χ2n) is 7.46. The summed E-state index contributed by atoms with van der Waals surface area (Å²) in [6.07, 6.45) is 8.05. The summed E-state index contributed by atoms with van der Waals surface area (Å²) in [6.45, 7) is 0. The first kappa shape index (κ1) is 17.8. The van der Waals surface area contributed by atoms with Crippen LogP contribution in [0.1, 0.15) is 37.7 Å². The molecule has 0 saturated heterocycles. The third-order valence-electron chi connectivity index (χ3n) is 5.36. The van der Waals surface area contributed by atoms with Gasteiger partial charge in [-0.05, 0) is 36.0 Å². The van der Waals surface area contributed by atoms with Crippen LogP contribution in [-0.2, 0) is 5.67 Å². The van der Waals surface area contributed by atoms with Crippen LogP contribution < -0.4 is 9.47 Å². The highest BCUT2D eigenvalue weighted by Gasteiger charge is 2.48. The maximum Gasteiger partial charge on any atom is 0.252 e. The van der Waals surface area contributed by atoms with Crippen molar-refractivity contribution in [3.05, 3.63) is 42.4 Å². The molecule has 2 aliphatic rings. The number of rotatable bonds is 6. The van der Waals surface area contributed by atoms with Crippen LogP contribution in [0.2, 0.25) is 0 Å². The fraction of sp³-hybridized carbons (Fsp3) is 0.400. The Balaban J connectivity index is 1.19. The average Bonchev–Trinajstić information content (AvgIpc) is 3.10. The van der Waals surface area contributed by atoms with Crippen molar-refractivity contribution < 1.29 is 23.5 Å². The first-order valence-corrected chi connectivity index (χ1v) is 9.54. The van der Waals surface area contributed by atoms with Crippen LogP contribution in [0.25, 0.3) is 11.5 Å². The maximum atomic E-state index is 15.3. The van der Waals surface area contributed by atoms with Gasteiger partial charge in [-0.2, -0.15) is 0 Å². The van der Waals surface area contributed by atoms with Gasteiger partial charge in [0.25, 0.3) is 5.88 Å². The lowest BCUT2D eigenvalue weighted by Crippen LogP contribution is -2.44. The Morgan fingerprint density at radius 2 is 1.86 bits per heavy atom. The molecule has 2 aliphatic carbocycles. The number of nitrogens with zero attached hydrogens (tertiary/aromatic N) is 4. The molecular weight excluding hydrogens is 379 g/mol. The molecular formula is C20H19FN4O4. The van der Waals surface area contributed by atoms with Crippen molar-refractivity contribution in [3.8, 4) is 29.1 Å². The molecule has 2 fully saturated rings. The SMILES string of the molecule is Oc1cc(-c2cnc(O[C@H]3C[C@](F)(c4ccnc(OC5CCC5)c4)C3)cn2)on1. The molecule has 0 bridgehead atoms. The third-order valence-corrected chi connectivity index (χ3v) is 5.36. The van der Waals surface area contributed by atoms with E-state index in [1.807, 2.05) is 0 Å². The number of aromatic hydroxyl groups is 1. The predicted molar refractivity (Wildman–Crippen MR) is 98.1 cm³/mol. The number of hydrogen-bond donors (Lipinski definition) is 1. The molecule has 3 heterocycles. The van der Waals surface area contributed by atoms with Crippen LogP contribution in [0.15, 0.2) is 41.3 Å². The maximum absolute atomic E-state index is 15.3. The molecule has 0 unspecified atom stereocenters. The van der Waals surface area contributed by atoms with Gasteiger partial charge in [-0.15, -0.1) is 0 Å². The van der Waals surface area contributed by atoms with E-state index in [1.165, 1.54) is 24.9 Å². The van der Waals surface area contributed by atoms with Gasteiger partial charge in [0.15, 0.2) is 5.76 Å². The first-order chi connectivity index (χ1) is 14.1. The van der Waals surface area contributed by atoms with Gasteiger partial charge in [-0.3, -0.25) is 0 Å². The molecule has 1 N–H and O–H groups in total. The molecule has 9 heteroatoms. The monoisotopic (exact) mass is 398 g/mol. The minimum Gasteiger partial charge on any atom is -0.491 e. The summed E-state index contributed by atoms with van der Waals surface area (Å²) >= 11 is 0. The fourth-order valence-corrected chi connectivity index (χ4v) is 3.45. The summed E-state index contributed by atoms with van der Waals surface area (Å²) in [6, 6.07) is 4.72. The van der Waals surface area contributed by atoms with Gasteiger partial charge in [-0.25, -0.2) is 19.3 Å². The van der Waals surface area contributed by atoms with Gasteiger partial charge in [0.1, 0.15) is 23.6 Å². The van der Waals surface area contributed by atoms with Crippen molar-refractivity contribution in [2.24, 2.45) is 0 Å². The number of alkyl halides is 1. The highest BCUT2D eigenvalue weighted by Crippen LogP contribution is 2.47. The Labute approximate surface area is 165 Å². The van der Waals surface area contributed by atoms with Crippen molar-refractivity contribution in [3.63, 3.8) is 0 Å². The summed E-state index contributed by atoms with van der Waals surface area (Å²) in [5.41, 5.74) is -0.488. The summed E-state index contributed by atoms with van der Waals surface area (Å²) < 4.78 is 31.7. The van der Waals surface area contributed by atoms with Crippen LogP contribution in [0, 0.1) is 0 Å². The molecule has 150 valence electrons. The van der Waals surface area contributed by atoms with Crippen molar-refractivity contribution >= 4 is 0 Å². The normalized spacial score (nSPS) is 23.8. The van der Waals surface area contributed by atoms with E-state index in [0.29, 0.717) is 28.8 Å². The average molecular weight is 398 g/mol. The molecule has 0 aliphatic heterocycles. The van der Waals surface area contributed by atoms with Gasteiger partial charge in [0.2, 0.25) is 11.8 Å². The van der Waals surface area contributed by atoms with E-state index >= 15 is 4.39 Å². The Hall–Kier alpha value is -3.23. The Kier molecular flexibility index (Phi) is 4.30. The van der Waals surface area contributed by atoms with Crippen LogP contribution in [0.3, 0.4) is 0 Å². The molecule has 3 aromatic rings. The number of ether oxygens (including phenoxy) is 2. The van der Waals surface area contributed by atoms with Crippen LogP contribution in [0.5, 0.6) is 17.6 Å². The number of halogens is 1. The number of hydrogen-bond acceptors (Lipinski definition) is 8. The molecule has 8 nitrogen and oxygen atoms in total. The van der Waals surface area contributed by atoms with E-state index in [4.69, 9.17) is 14.0 Å². The molecule has 5 rings (SSSR count). The van der Waals surface area contributed by atoms with E-state index in [9.17, 15) is 5.11 Å². The second-order valence-corrected chi connectivity index (χ2v) is 7.46. The molecule has 0 amide bonds. The predicted octanol–water partition coefficient (Wildman–Crippen LogP) is 3.57. The van der Waals surface area contributed by atoms with E-state index in [-0.39, 0.29) is 30.9 Å². The minimum absolute atomic E-state index is 0.202. The second kappa shape index (κ2) is 6.98. The van der Waals surface area contributed by atoms with Crippen LogP contribution >= 0.6 is 0 Å². The lowest BCUT2D eigenvalue weighted by molar-refractivity contribution is -0.0490. The van der Waals surface area contributed by atoms with Gasteiger partial charge in [-0.1, -0.05) is 0 Å². The third kappa shape index (κ3) is 3.59. The van der Waals surface area contributed by atoms with Gasteiger partial charge in [0, 0.05) is 25.1 Å². The highest BCUT2D eigenvalue weighted by molar-refractivity contribution is 5.51. The zero-order valence-electron chi connectivity index (χ0n) is 15.5. The Morgan fingerprint density at radius 3 is 2.52 bits per heavy atom. The van der Waals surface area contributed by atoms with Crippen LogP contribution in [-0.4, -0.2) is 37.4 Å². The smallest absolute Gasteiger partial charge is 0.252 e. The quantitative estimate of drug-likeness (QED) is 0.672. The van der Waals surface area contributed by atoms with Gasteiger partial charge < -0.3 is 19.1 Å². The molecule has 0 radical (unpaired) electrons. The number of pyridine rings is 1. The molecule has 29 heavy (non-hydrogen) atoms.